The number of fused-ring (bicyclic) bond motifs is 1. The largest absolute Gasteiger partial charge is 0.340 e. The fourth-order valence-electron chi connectivity index (χ4n) is 2.73. The second-order valence-corrected chi connectivity index (χ2v) is 8.66. The third kappa shape index (κ3) is 3.90. The first-order valence-electron chi connectivity index (χ1n) is 8.53. The van der Waals surface area contributed by atoms with Crippen molar-refractivity contribution in [3.8, 4) is 0 Å². The smallest absolute Gasteiger partial charge is 0.227 e. The van der Waals surface area contributed by atoms with Crippen molar-refractivity contribution in [3.63, 3.8) is 0 Å². The molecule has 1 aliphatic rings. The van der Waals surface area contributed by atoms with E-state index in [1.807, 2.05) is 24.3 Å². The molecule has 3 aromatic rings. The molecule has 0 radical (unpaired) electrons. The number of rotatable bonds is 5. The van der Waals surface area contributed by atoms with Crippen LogP contribution in [-0.4, -0.2) is 30.5 Å². The monoisotopic (exact) mass is 382 g/mol. The van der Waals surface area contributed by atoms with Crippen molar-refractivity contribution in [3.05, 3.63) is 48.8 Å². The van der Waals surface area contributed by atoms with Gasteiger partial charge in [-0.3, -0.25) is 4.79 Å². The Bertz CT molecular complexity index is 1120. The maximum absolute atomic E-state index is 11.8. The molecule has 1 heterocycles. The molecular weight excluding hydrogens is 364 g/mol. The first-order chi connectivity index (χ1) is 12.9. The summed E-state index contributed by atoms with van der Waals surface area (Å²) in [6, 6.07) is 12.0. The van der Waals surface area contributed by atoms with Gasteiger partial charge in [0.25, 0.3) is 0 Å². The second kappa shape index (κ2) is 6.62. The molecule has 27 heavy (non-hydrogen) atoms. The second-order valence-electron chi connectivity index (χ2n) is 6.64. The Morgan fingerprint density at radius 1 is 1.04 bits per heavy atom. The summed E-state index contributed by atoms with van der Waals surface area (Å²) in [4.78, 5) is 20.5. The van der Waals surface area contributed by atoms with Crippen molar-refractivity contribution in [2.45, 2.75) is 17.7 Å². The Labute approximate surface area is 156 Å². The van der Waals surface area contributed by atoms with Crippen LogP contribution < -0.4 is 10.6 Å². The zero-order chi connectivity index (χ0) is 19.0. The molecule has 1 aromatic heterocycles. The van der Waals surface area contributed by atoms with E-state index in [9.17, 15) is 13.2 Å². The standard InChI is InChI=1S/C19H18N4O3S/c1-27(25,26)15-8-9-17-16(10-15)18(21-11-20-17)22-13-4-6-14(7-5-13)23-19(24)12-2-3-12/h4-12H,2-3H2,1H3,(H,23,24)(H,20,21,22). The fourth-order valence-corrected chi connectivity index (χ4v) is 3.38. The number of benzene rings is 2. The van der Waals surface area contributed by atoms with Gasteiger partial charge >= 0.3 is 0 Å². The Balaban J connectivity index is 1.60. The van der Waals surface area contributed by atoms with Gasteiger partial charge in [-0.1, -0.05) is 0 Å². The number of anilines is 3. The molecule has 8 heteroatoms. The first-order valence-corrected chi connectivity index (χ1v) is 10.4. The van der Waals surface area contributed by atoms with Gasteiger partial charge in [0.15, 0.2) is 9.84 Å². The first kappa shape index (κ1) is 17.4. The van der Waals surface area contributed by atoms with E-state index in [0.717, 1.165) is 24.2 Å². The molecule has 0 atom stereocenters. The molecule has 138 valence electrons. The van der Waals surface area contributed by atoms with Gasteiger partial charge in [-0.15, -0.1) is 0 Å². The highest BCUT2D eigenvalue weighted by Crippen LogP contribution is 2.30. The molecule has 0 saturated heterocycles. The molecular formula is C19H18N4O3S. The number of aromatic nitrogens is 2. The maximum Gasteiger partial charge on any atom is 0.227 e. The Morgan fingerprint density at radius 2 is 1.74 bits per heavy atom. The Kier molecular flexibility index (Phi) is 4.27. The SMILES string of the molecule is CS(=O)(=O)c1ccc2ncnc(Nc3ccc(NC(=O)C4CC4)cc3)c2c1. The fraction of sp³-hybridized carbons (Fsp3) is 0.211. The summed E-state index contributed by atoms with van der Waals surface area (Å²) in [5.41, 5.74) is 2.15. The highest BCUT2D eigenvalue weighted by molar-refractivity contribution is 7.90. The molecule has 0 spiro atoms. The van der Waals surface area contributed by atoms with Crippen LogP contribution in [-0.2, 0) is 14.6 Å². The summed E-state index contributed by atoms with van der Waals surface area (Å²) < 4.78 is 23.7. The van der Waals surface area contributed by atoms with Gasteiger partial charge in [0.1, 0.15) is 12.1 Å². The van der Waals surface area contributed by atoms with Crippen LogP contribution in [0, 0.1) is 5.92 Å². The summed E-state index contributed by atoms with van der Waals surface area (Å²) >= 11 is 0. The number of nitrogens with zero attached hydrogens (tertiary/aromatic N) is 2. The van der Waals surface area contributed by atoms with Gasteiger partial charge in [-0.25, -0.2) is 18.4 Å². The van der Waals surface area contributed by atoms with Crippen LogP contribution >= 0.6 is 0 Å². The molecule has 0 aliphatic heterocycles. The summed E-state index contributed by atoms with van der Waals surface area (Å²) in [7, 11) is -3.33. The van der Waals surface area contributed by atoms with Crippen LogP contribution in [0.5, 0.6) is 0 Å². The molecule has 2 N–H and O–H groups in total. The quantitative estimate of drug-likeness (QED) is 0.703. The van der Waals surface area contributed by atoms with Gasteiger partial charge in [-0.2, -0.15) is 0 Å². The Hall–Kier alpha value is -3.00. The van der Waals surface area contributed by atoms with Gasteiger partial charge in [0.05, 0.1) is 10.4 Å². The van der Waals surface area contributed by atoms with Gasteiger partial charge in [0, 0.05) is 28.9 Å². The van der Waals surface area contributed by atoms with E-state index in [-0.39, 0.29) is 16.7 Å². The van der Waals surface area contributed by atoms with Crippen molar-refractivity contribution in [2.75, 3.05) is 16.9 Å². The van der Waals surface area contributed by atoms with E-state index in [2.05, 4.69) is 20.6 Å². The third-order valence-electron chi connectivity index (χ3n) is 4.40. The molecule has 0 bridgehead atoms. The van der Waals surface area contributed by atoms with E-state index >= 15 is 0 Å². The predicted molar refractivity (Wildman–Crippen MR) is 104 cm³/mol. The van der Waals surface area contributed by atoms with E-state index in [0.29, 0.717) is 16.7 Å². The average Bonchev–Trinajstić information content (AvgIpc) is 3.48. The lowest BCUT2D eigenvalue weighted by molar-refractivity contribution is -0.117. The van der Waals surface area contributed by atoms with Crippen LogP contribution in [0.25, 0.3) is 10.9 Å². The Morgan fingerprint density at radius 3 is 2.41 bits per heavy atom. The maximum atomic E-state index is 11.8. The third-order valence-corrected chi connectivity index (χ3v) is 5.51. The molecule has 0 unspecified atom stereocenters. The topological polar surface area (TPSA) is 101 Å². The minimum Gasteiger partial charge on any atom is -0.340 e. The van der Waals surface area contributed by atoms with E-state index in [1.54, 1.807) is 12.1 Å². The lowest BCUT2D eigenvalue weighted by Crippen LogP contribution is -2.13. The zero-order valence-electron chi connectivity index (χ0n) is 14.6. The highest BCUT2D eigenvalue weighted by atomic mass is 32.2. The van der Waals surface area contributed by atoms with E-state index in [1.165, 1.54) is 18.6 Å². The van der Waals surface area contributed by atoms with Crippen LogP contribution in [0.2, 0.25) is 0 Å². The minimum absolute atomic E-state index is 0.0609. The zero-order valence-corrected chi connectivity index (χ0v) is 15.5. The van der Waals surface area contributed by atoms with E-state index < -0.39 is 9.84 Å². The van der Waals surface area contributed by atoms with Gasteiger partial charge in [0.2, 0.25) is 5.91 Å². The number of amides is 1. The lowest BCUT2D eigenvalue weighted by atomic mass is 10.2. The van der Waals surface area contributed by atoms with Crippen molar-refractivity contribution < 1.29 is 13.2 Å². The van der Waals surface area contributed by atoms with Crippen LogP contribution in [0.3, 0.4) is 0 Å². The van der Waals surface area contributed by atoms with E-state index in [4.69, 9.17) is 0 Å². The van der Waals surface area contributed by atoms with Crippen molar-refractivity contribution >= 4 is 43.8 Å². The predicted octanol–water partition coefficient (Wildman–Crippen LogP) is 3.13. The molecule has 1 saturated carbocycles. The number of carbonyl (C=O) groups excluding carboxylic acids is 1. The van der Waals surface area contributed by atoms with Crippen molar-refractivity contribution in [1.29, 1.82) is 0 Å². The van der Waals surface area contributed by atoms with Gasteiger partial charge in [-0.05, 0) is 55.3 Å². The molecule has 1 aliphatic carbocycles. The van der Waals surface area contributed by atoms with Crippen molar-refractivity contribution in [1.82, 2.24) is 9.97 Å². The lowest BCUT2D eigenvalue weighted by Gasteiger charge is -2.10. The summed E-state index contributed by atoms with van der Waals surface area (Å²) in [5.74, 6) is 0.727. The molecule has 1 amide bonds. The molecule has 7 nitrogen and oxygen atoms in total. The summed E-state index contributed by atoms with van der Waals surface area (Å²) in [5, 5.41) is 6.69. The number of nitrogens with one attached hydrogen (secondary N) is 2. The summed E-state index contributed by atoms with van der Waals surface area (Å²) in [6.45, 7) is 0. The van der Waals surface area contributed by atoms with Crippen LogP contribution in [0.15, 0.2) is 53.7 Å². The molecule has 1 fully saturated rings. The summed E-state index contributed by atoms with van der Waals surface area (Å²) in [6.07, 6.45) is 4.51. The normalized spacial score (nSPS) is 14.1. The number of hydrogen-bond donors (Lipinski definition) is 2. The molecule has 2 aromatic carbocycles. The highest BCUT2D eigenvalue weighted by Gasteiger charge is 2.29. The number of carbonyl (C=O) groups is 1. The average molecular weight is 382 g/mol. The molecule has 4 rings (SSSR count). The number of sulfone groups is 1. The number of hydrogen-bond acceptors (Lipinski definition) is 6. The van der Waals surface area contributed by atoms with Crippen LogP contribution in [0.4, 0.5) is 17.2 Å². The minimum atomic E-state index is -3.33. The van der Waals surface area contributed by atoms with Crippen molar-refractivity contribution in [2.24, 2.45) is 5.92 Å². The van der Waals surface area contributed by atoms with Gasteiger partial charge < -0.3 is 10.6 Å². The van der Waals surface area contributed by atoms with Crippen LogP contribution in [0.1, 0.15) is 12.8 Å².